The first-order valence-electron chi connectivity index (χ1n) is 6.43. The number of halogens is 1. The summed E-state index contributed by atoms with van der Waals surface area (Å²) in [6, 6.07) is 0.707. The summed E-state index contributed by atoms with van der Waals surface area (Å²) in [5.74, 6) is 0. The van der Waals surface area contributed by atoms with Crippen molar-refractivity contribution in [3.05, 3.63) is 0 Å². The van der Waals surface area contributed by atoms with Gasteiger partial charge in [-0.1, -0.05) is 35.7 Å². The average molecular weight is 276 g/mol. The molecule has 0 aromatic carbocycles. The van der Waals surface area contributed by atoms with E-state index in [2.05, 4.69) is 41.6 Å². The molecular formula is C13H26BrN. The van der Waals surface area contributed by atoms with Gasteiger partial charge >= 0.3 is 0 Å². The summed E-state index contributed by atoms with van der Waals surface area (Å²) in [4.78, 5) is 2.67. The maximum atomic E-state index is 3.67. The second-order valence-electron chi connectivity index (χ2n) is 5.40. The molecule has 0 spiro atoms. The van der Waals surface area contributed by atoms with Crippen LogP contribution in [0.15, 0.2) is 0 Å². The molecule has 90 valence electrons. The van der Waals surface area contributed by atoms with Gasteiger partial charge in [0.2, 0.25) is 0 Å². The highest BCUT2D eigenvalue weighted by atomic mass is 79.9. The lowest BCUT2D eigenvalue weighted by molar-refractivity contribution is 0.183. The topological polar surface area (TPSA) is 3.24 Å². The van der Waals surface area contributed by atoms with Gasteiger partial charge in [-0.2, -0.15) is 0 Å². The van der Waals surface area contributed by atoms with Crippen LogP contribution in [0.2, 0.25) is 0 Å². The fraction of sp³-hybridized carbons (Fsp3) is 1.00. The maximum absolute atomic E-state index is 3.67. The van der Waals surface area contributed by atoms with E-state index in [1.807, 2.05) is 0 Å². The van der Waals surface area contributed by atoms with Gasteiger partial charge in [0.25, 0.3) is 0 Å². The summed E-state index contributed by atoms with van der Waals surface area (Å²) in [6.07, 6.45) is 6.93. The number of hydrogen-bond acceptors (Lipinski definition) is 1. The molecule has 0 aromatic rings. The van der Waals surface area contributed by atoms with Gasteiger partial charge in [0.05, 0.1) is 0 Å². The first kappa shape index (κ1) is 13.5. The summed E-state index contributed by atoms with van der Waals surface area (Å²) in [7, 11) is 0. The standard InChI is InChI=1S/C13H26BrN/c1-4-5-6-9-15(12(2)3)11-13(10-14)7-8-13/h12H,4-11H2,1-3H3. The Morgan fingerprint density at radius 1 is 1.27 bits per heavy atom. The van der Waals surface area contributed by atoms with Crippen LogP contribution in [0, 0.1) is 5.41 Å². The van der Waals surface area contributed by atoms with Gasteiger partial charge in [-0.25, -0.2) is 0 Å². The van der Waals surface area contributed by atoms with E-state index in [0.717, 1.165) is 0 Å². The molecule has 0 bridgehead atoms. The minimum Gasteiger partial charge on any atom is -0.300 e. The van der Waals surface area contributed by atoms with Crippen LogP contribution >= 0.6 is 15.9 Å². The monoisotopic (exact) mass is 275 g/mol. The molecule has 0 aliphatic heterocycles. The summed E-state index contributed by atoms with van der Waals surface area (Å²) >= 11 is 3.67. The van der Waals surface area contributed by atoms with Crippen molar-refractivity contribution in [3.8, 4) is 0 Å². The van der Waals surface area contributed by atoms with Crippen molar-refractivity contribution in [1.82, 2.24) is 4.90 Å². The van der Waals surface area contributed by atoms with E-state index in [1.165, 1.54) is 50.5 Å². The van der Waals surface area contributed by atoms with Crippen molar-refractivity contribution in [2.75, 3.05) is 18.4 Å². The molecule has 0 N–H and O–H groups in total. The van der Waals surface area contributed by atoms with Crippen LogP contribution in [0.3, 0.4) is 0 Å². The Hall–Kier alpha value is 0.440. The second kappa shape index (κ2) is 6.24. The second-order valence-corrected chi connectivity index (χ2v) is 5.97. The molecule has 0 saturated heterocycles. The highest BCUT2D eigenvalue weighted by Crippen LogP contribution is 2.47. The number of unbranched alkanes of at least 4 members (excludes halogenated alkanes) is 2. The smallest absolute Gasteiger partial charge is 0.0100 e. The molecule has 0 unspecified atom stereocenters. The summed E-state index contributed by atoms with van der Waals surface area (Å²) in [5, 5.41) is 1.19. The zero-order valence-corrected chi connectivity index (χ0v) is 12.1. The highest BCUT2D eigenvalue weighted by molar-refractivity contribution is 9.09. The van der Waals surface area contributed by atoms with Crippen LogP contribution < -0.4 is 0 Å². The molecule has 1 aliphatic carbocycles. The molecule has 0 radical (unpaired) electrons. The Morgan fingerprint density at radius 3 is 2.33 bits per heavy atom. The fourth-order valence-electron chi connectivity index (χ4n) is 2.03. The molecule has 1 fully saturated rings. The molecule has 1 nitrogen and oxygen atoms in total. The van der Waals surface area contributed by atoms with E-state index in [4.69, 9.17) is 0 Å². The van der Waals surface area contributed by atoms with Crippen molar-refractivity contribution >= 4 is 15.9 Å². The van der Waals surface area contributed by atoms with Gasteiger partial charge < -0.3 is 4.90 Å². The van der Waals surface area contributed by atoms with Crippen molar-refractivity contribution in [1.29, 1.82) is 0 Å². The molecule has 15 heavy (non-hydrogen) atoms. The van der Waals surface area contributed by atoms with E-state index >= 15 is 0 Å². The molecule has 1 aliphatic rings. The minimum absolute atomic E-state index is 0.635. The van der Waals surface area contributed by atoms with Crippen molar-refractivity contribution in [3.63, 3.8) is 0 Å². The van der Waals surface area contributed by atoms with Crippen molar-refractivity contribution < 1.29 is 0 Å². The number of alkyl halides is 1. The largest absolute Gasteiger partial charge is 0.300 e. The third-order valence-corrected chi connectivity index (χ3v) is 4.75. The maximum Gasteiger partial charge on any atom is 0.0100 e. The third-order valence-electron chi connectivity index (χ3n) is 3.56. The Labute approximate surface area is 104 Å². The van der Waals surface area contributed by atoms with Gasteiger partial charge in [0, 0.05) is 17.9 Å². The van der Waals surface area contributed by atoms with Gasteiger partial charge in [-0.05, 0) is 45.1 Å². The van der Waals surface area contributed by atoms with E-state index in [0.29, 0.717) is 11.5 Å². The zero-order chi connectivity index (χ0) is 11.3. The Bertz CT molecular complexity index is 175. The molecule has 1 saturated carbocycles. The number of nitrogens with zero attached hydrogens (tertiary/aromatic N) is 1. The van der Waals surface area contributed by atoms with E-state index in [1.54, 1.807) is 0 Å². The predicted molar refractivity (Wildman–Crippen MR) is 71.7 cm³/mol. The summed E-state index contributed by atoms with van der Waals surface area (Å²) in [5.41, 5.74) is 0.635. The number of hydrogen-bond donors (Lipinski definition) is 0. The normalized spacial score (nSPS) is 18.8. The number of rotatable bonds is 8. The van der Waals surface area contributed by atoms with Crippen LogP contribution in [0.5, 0.6) is 0 Å². The predicted octanol–water partition coefficient (Wildman–Crippen LogP) is 4.06. The summed E-state index contributed by atoms with van der Waals surface area (Å²) < 4.78 is 0. The lowest BCUT2D eigenvalue weighted by Gasteiger charge is -2.30. The Kier molecular flexibility index (Phi) is 5.62. The van der Waals surface area contributed by atoms with Gasteiger partial charge in [0.15, 0.2) is 0 Å². The van der Waals surface area contributed by atoms with Crippen LogP contribution in [0.25, 0.3) is 0 Å². The van der Waals surface area contributed by atoms with Gasteiger partial charge in [-0.3, -0.25) is 0 Å². The van der Waals surface area contributed by atoms with Crippen LogP contribution in [0.1, 0.15) is 52.9 Å². The van der Waals surface area contributed by atoms with Gasteiger partial charge in [0.1, 0.15) is 0 Å². The van der Waals surface area contributed by atoms with Crippen molar-refractivity contribution in [2.24, 2.45) is 5.41 Å². The minimum atomic E-state index is 0.635. The highest BCUT2D eigenvalue weighted by Gasteiger charge is 2.42. The fourth-order valence-corrected chi connectivity index (χ4v) is 2.76. The molecule has 0 atom stereocenters. The summed E-state index contributed by atoms with van der Waals surface area (Å²) in [6.45, 7) is 9.53. The molecule has 2 heteroatoms. The first-order valence-corrected chi connectivity index (χ1v) is 7.56. The van der Waals surface area contributed by atoms with E-state index in [-0.39, 0.29) is 0 Å². The molecule has 0 aromatic heterocycles. The van der Waals surface area contributed by atoms with Gasteiger partial charge in [-0.15, -0.1) is 0 Å². The molecule has 0 heterocycles. The van der Waals surface area contributed by atoms with Crippen LogP contribution in [0.4, 0.5) is 0 Å². The lowest BCUT2D eigenvalue weighted by Crippen LogP contribution is -2.37. The quantitative estimate of drug-likeness (QED) is 0.477. The average Bonchev–Trinajstić information content (AvgIpc) is 2.97. The zero-order valence-electron chi connectivity index (χ0n) is 10.6. The van der Waals surface area contributed by atoms with E-state index < -0.39 is 0 Å². The SMILES string of the molecule is CCCCCN(CC1(CBr)CC1)C(C)C. The Balaban J connectivity index is 2.30. The van der Waals surface area contributed by atoms with Crippen LogP contribution in [-0.4, -0.2) is 29.4 Å². The van der Waals surface area contributed by atoms with Crippen molar-refractivity contribution in [2.45, 2.75) is 58.9 Å². The van der Waals surface area contributed by atoms with E-state index in [9.17, 15) is 0 Å². The molecule has 1 rings (SSSR count). The van der Waals surface area contributed by atoms with Crippen LogP contribution in [-0.2, 0) is 0 Å². The lowest BCUT2D eigenvalue weighted by atomic mass is 10.1. The molecular weight excluding hydrogens is 250 g/mol. The third kappa shape index (κ3) is 4.44. The first-order chi connectivity index (χ1) is 7.13. The Morgan fingerprint density at radius 2 is 1.93 bits per heavy atom. The molecule has 0 amide bonds.